The molecule has 0 amide bonds. The third-order valence-electron chi connectivity index (χ3n) is 5.88. The molecule has 1 saturated heterocycles. The number of esters is 2. The molecule has 1 aliphatic carbocycles. The van der Waals surface area contributed by atoms with Gasteiger partial charge in [0.1, 0.15) is 5.78 Å². The van der Waals surface area contributed by atoms with Gasteiger partial charge in [-0.05, 0) is 46.0 Å². The Bertz CT molecular complexity index is 591. The number of carbonyl (C=O) groups is 3. The fourth-order valence-electron chi connectivity index (χ4n) is 4.92. The number of carbonyl (C=O) groups excluding carboxylic acids is 3. The molecule has 0 aromatic heterocycles. The molecule has 2 aliphatic heterocycles. The fourth-order valence-corrected chi connectivity index (χ4v) is 4.92. The van der Waals surface area contributed by atoms with Gasteiger partial charge in [0, 0.05) is 12.3 Å². The Balaban J connectivity index is 2.10. The predicted octanol–water partition coefficient (Wildman–Crippen LogP) is 2.20. The van der Waals surface area contributed by atoms with Crippen molar-refractivity contribution in [3.8, 4) is 0 Å². The minimum absolute atomic E-state index is 0.000325. The normalized spacial score (nSPS) is 34.4. The summed E-state index contributed by atoms with van der Waals surface area (Å²) in [5.41, 5.74) is -2.24. The van der Waals surface area contributed by atoms with Crippen LogP contribution >= 0.6 is 0 Å². The molecular formula is C19H26O6. The minimum Gasteiger partial charge on any atom is -0.465 e. The Morgan fingerprint density at radius 1 is 1.16 bits per heavy atom. The van der Waals surface area contributed by atoms with Crippen LogP contribution in [0.5, 0.6) is 0 Å². The van der Waals surface area contributed by atoms with Crippen LogP contribution in [0.3, 0.4) is 0 Å². The van der Waals surface area contributed by atoms with E-state index in [2.05, 4.69) is 0 Å². The molecule has 1 saturated carbocycles. The van der Waals surface area contributed by atoms with Gasteiger partial charge in [-0.15, -0.1) is 0 Å². The maximum Gasteiger partial charge on any atom is 0.323 e. The van der Waals surface area contributed by atoms with E-state index < -0.39 is 28.9 Å². The summed E-state index contributed by atoms with van der Waals surface area (Å²) in [6, 6.07) is 0. The molecular weight excluding hydrogens is 324 g/mol. The van der Waals surface area contributed by atoms with Crippen molar-refractivity contribution in [1.29, 1.82) is 0 Å². The Kier molecular flexibility index (Phi) is 4.75. The van der Waals surface area contributed by atoms with Gasteiger partial charge in [0.25, 0.3) is 0 Å². The van der Waals surface area contributed by atoms with Crippen LogP contribution < -0.4 is 0 Å². The highest BCUT2D eigenvalue weighted by Crippen LogP contribution is 2.61. The van der Waals surface area contributed by atoms with Crippen molar-refractivity contribution in [3.05, 3.63) is 12.2 Å². The highest BCUT2D eigenvalue weighted by atomic mass is 16.6. The summed E-state index contributed by atoms with van der Waals surface area (Å²) in [5, 5.41) is 0. The van der Waals surface area contributed by atoms with E-state index in [-0.39, 0.29) is 37.4 Å². The number of hydrogen-bond acceptors (Lipinski definition) is 6. The number of ether oxygens (including phenoxy) is 3. The first-order valence-corrected chi connectivity index (χ1v) is 9.11. The number of Topliss-reactive ketones (excluding diaryl/α,β-unsaturated/α-hetero) is 1. The van der Waals surface area contributed by atoms with Crippen molar-refractivity contribution in [2.75, 3.05) is 13.2 Å². The van der Waals surface area contributed by atoms with Gasteiger partial charge in [-0.3, -0.25) is 9.59 Å². The number of ketones is 1. The molecule has 0 N–H and O–H groups in total. The molecule has 6 heteroatoms. The van der Waals surface area contributed by atoms with Crippen LogP contribution in [0.25, 0.3) is 0 Å². The Morgan fingerprint density at radius 2 is 1.80 bits per heavy atom. The molecule has 0 radical (unpaired) electrons. The smallest absolute Gasteiger partial charge is 0.323 e. The predicted molar refractivity (Wildman–Crippen MR) is 88.6 cm³/mol. The molecule has 1 spiro atoms. The van der Waals surface area contributed by atoms with Crippen LogP contribution in [0.4, 0.5) is 0 Å². The third-order valence-corrected chi connectivity index (χ3v) is 5.88. The van der Waals surface area contributed by atoms with Gasteiger partial charge < -0.3 is 19.0 Å². The largest absolute Gasteiger partial charge is 0.465 e. The number of rotatable bonds is 6. The molecule has 4 atom stereocenters. The first kappa shape index (κ1) is 18.1. The van der Waals surface area contributed by atoms with Crippen molar-refractivity contribution >= 4 is 17.7 Å². The summed E-state index contributed by atoms with van der Waals surface area (Å²) >= 11 is 0. The molecule has 3 rings (SSSR count). The molecule has 3 aliphatic rings. The molecule has 6 nitrogen and oxygen atoms in total. The second-order valence-electron chi connectivity index (χ2n) is 7.21. The quantitative estimate of drug-likeness (QED) is 0.415. The van der Waals surface area contributed by atoms with Gasteiger partial charge in [-0.25, -0.2) is 0 Å². The minimum atomic E-state index is -1.49. The van der Waals surface area contributed by atoms with Crippen molar-refractivity contribution in [2.45, 2.75) is 58.2 Å². The van der Waals surface area contributed by atoms with E-state index in [0.29, 0.717) is 12.8 Å². The maximum atomic E-state index is 13.0. The monoisotopic (exact) mass is 350 g/mol. The highest BCUT2D eigenvalue weighted by molar-refractivity contribution is 6.01. The molecule has 0 unspecified atom stereocenters. The summed E-state index contributed by atoms with van der Waals surface area (Å²) < 4.78 is 16.8. The first-order chi connectivity index (χ1) is 11.9. The summed E-state index contributed by atoms with van der Waals surface area (Å²) in [4.78, 5) is 38.0. The van der Waals surface area contributed by atoms with E-state index >= 15 is 0 Å². The van der Waals surface area contributed by atoms with Crippen molar-refractivity contribution < 1.29 is 28.6 Å². The average Bonchev–Trinajstić information content (AvgIpc) is 3.13. The lowest BCUT2D eigenvalue weighted by Gasteiger charge is -2.50. The molecule has 25 heavy (non-hydrogen) atoms. The van der Waals surface area contributed by atoms with E-state index in [1.807, 2.05) is 12.2 Å². The molecule has 2 heterocycles. The van der Waals surface area contributed by atoms with Crippen LogP contribution in [0.2, 0.25) is 0 Å². The Hall–Kier alpha value is -1.69. The lowest BCUT2D eigenvalue weighted by atomic mass is 9.53. The number of fused-ring (bicyclic) bond motifs is 1. The van der Waals surface area contributed by atoms with Gasteiger partial charge in [-0.2, -0.15) is 0 Å². The molecule has 0 aromatic rings. The zero-order valence-electron chi connectivity index (χ0n) is 15.1. The maximum absolute atomic E-state index is 13.0. The summed E-state index contributed by atoms with van der Waals surface area (Å²) in [7, 11) is 0. The zero-order valence-corrected chi connectivity index (χ0v) is 15.1. The van der Waals surface area contributed by atoms with E-state index in [4.69, 9.17) is 14.2 Å². The van der Waals surface area contributed by atoms with Crippen molar-refractivity contribution in [3.63, 3.8) is 0 Å². The fraction of sp³-hybridized carbons (Fsp3) is 0.737. The summed E-state index contributed by atoms with van der Waals surface area (Å²) in [6.45, 7) is 5.23. The topological polar surface area (TPSA) is 78.9 Å². The summed E-state index contributed by atoms with van der Waals surface area (Å²) in [5.74, 6) is -1.66. The van der Waals surface area contributed by atoms with E-state index in [0.717, 1.165) is 6.42 Å². The second kappa shape index (κ2) is 6.56. The van der Waals surface area contributed by atoms with E-state index in [1.54, 1.807) is 13.8 Å². The van der Waals surface area contributed by atoms with Crippen LogP contribution in [-0.4, -0.2) is 42.6 Å². The highest BCUT2D eigenvalue weighted by Gasteiger charge is 2.69. The number of hydrogen-bond donors (Lipinski definition) is 0. The van der Waals surface area contributed by atoms with Gasteiger partial charge in [0.05, 0.1) is 24.9 Å². The second-order valence-corrected chi connectivity index (χ2v) is 7.21. The third kappa shape index (κ3) is 2.62. The average molecular weight is 350 g/mol. The zero-order chi connectivity index (χ0) is 18.2. The Morgan fingerprint density at radius 3 is 2.32 bits per heavy atom. The lowest BCUT2D eigenvalue weighted by molar-refractivity contribution is -0.195. The Labute approximate surface area is 147 Å². The van der Waals surface area contributed by atoms with E-state index in [9.17, 15) is 14.4 Å². The van der Waals surface area contributed by atoms with Gasteiger partial charge in [0.15, 0.2) is 5.41 Å². The van der Waals surface area contributed by atoms with Crippen LogP contribution in [-0.2, 0) is 28.6 Å². The van der Waals surface area contributed by atoms with E-state index in [1.165, 1.54) is 6.92 Å². The van der Waals surface area contributed by atoms with Crippen LogP contribution in [0.1, 0.15) is 46.5 Å². The van der Waals surface area contributed by atoms with Gasteiger partial charge >= 0.3 is 11.9 Å². The summed E-state index contributed by atoms with van der Waals surface area (Å²) in [6.07, 6.45) is 5.91. The SMILES string of the molecule is CCOC(=O)C1(C(=O)OCC)CC[C@@H]2C[C@H]3C=C[C@@]2(O3)[C@@H]1CC(C)=O. The lowest BCUT2D eigenvalue weighted by Crippen LogP contribution is -2.61. The molecule has 138 valence electrons. The molecule has 2 bridgehead atoms. The van der Waals surface area contributed by atoms with Gasteiger partial charge in [-0.1, -0.05) is 12.2 Å². The first-order valence-electron chi connectivity index (χ1n) is 9.11. The van der Waals surface area contributed by atoms with Gasteiger partial charge in [0.2, 0.25) is 0 Å². The van der Waals surface area contributed by atoms with Crippen molar-refractivity contribution in [1.82, 2.24) is 0 Å². The standard InChI is InChI=1S/C19H26O6/c1-4-23-16(21)18(17(22)24-5-2)8-6-13-11-14-7-9-19(13,25-14)15(18)10-12(3)20/h7,9,13-15H,4-6,8,10-11H2,1-3H3/t13-,14-,15-,19+/m1/s1. The molecule has 2 fully saturated rings. The van der Waals surface area contributed by atoms with Crippen molar-refractivity contribution in [2.24, 2.45) is 17.3 Å². The van der Waals surface area contributed by atoms with Crippen LogP contribution in [0, 0.1) is 17.3 Å². The molecule has 0 aromatic carbocycles. The van der Waals surface area contributed by atoms with Crippen LogP contribution in [0.15, 0.2) is 12.2 Å².